The smallest absolute Gasteiger partial charge is 0.255 e. The van der Waals surface area contributed by atoms with Crippen molar-refractivity contribution in [3.05, 3.63) is 28.7 Å². The lowest BCUT2D eigenvalue weighted by molar-refractivity contribution is -0.133. The standard InChI is InChI=1S/C14H19BrF2N2O3S/c1-2-9-19(10-13(16)17)14(20)7-8-18-23(21,22)12-5-3-11(15)4-6-12/h3-6,13,18H,2,7-10H2,1H3. The number of alkyl halides is 2. The second-order valence-corrected chi connectivity index (χ2v) is 7.52. The Labute approximate surface area is 143 Å². The lowest BCUT2D eigenvalue weighted by Crippen LogP contribution is -2.38. The van der Waals surface area contributed by atoms with Gasteiger partial charge < -0.3 is 4.90 Å². The fourth-order valence-electron chi connectivity index (χ4n) is 1.90. The van der Waals surface area contributed by atoms with E-state index in [4.69, 9.17) is 0 Å². The molecule has 1 rings (SSSR count). The number of sulfonamides is 1. The van der Waals surface area contributed by atoms with Crippen molar-refractivity contribution in [2.24, 2.45) is 0 Å². The molecular formula is C14H19BrF2N2O3S. The molecule has 0 radical (unpaired) electrons. The van der Waals surface area contributed by atoms with Crippen LogP contribution in [0.15, 0.2) is 33.6 Å². The fourth-order valence-corrected chi connectivity index (χ4v) is 3.20. The Bertz CT molecular complexity index is 609. The molecular weight excluding hydrogens is 394 g/mol. The Morgan fingerprint density at radius 3 is 2.43 bits per heavy atom. The molecule has 9 heteroatoms. The van der Waals surface area contributed by atoms with E-state index in [1.807, 2.05) is 0 Å². The van der Waals surface area contributed by atoms with Crippen LogP contribution >= 0.6 is 15.9 Å². The van der Waals surface area contributed by atoms with Gasteiger partial charge in [-0.3, -0.25) is 4.79 Å². The zero-order valence-corrected chi connectivity index (χ0v) is 15.0. The Morgan fingerprint density at radius 1 is 1.30 bits per heavy atom. The molecule has 0 atom stereocenters. The Hall–Kier alpha value is -1.06. The van der Waals surface area contributed by atoms with Crippen LogP contribution in [0.25, 0.3) is 0 Å². The third-order valence-electron chi connectivity index (χ3n) is 2.96. The van der Waals surface area contributed by atoms with Gasteiger partial charge in [-0.1, -0.05) is 22.9 Å². The molecule has 0 saturated carbocycles. The normalized spacial score (nSPS) is 11.7. The minimum atomic E-state index is -3.72. The average Bonchev–Trinajstić information content (AvgIpc) is 2.46. The maximum absolute atomic E-state index is 12.4. The Balaban J connectivity index is 2.57. The van der Waals surface area contributed by atoms with E-state index in [0.29, 0.717) is 6.42 Å². The van der Waals surface area contributed by atoms with Crippen LogP contribution in [0.3, 0.4) is 0 Å². The first-order valence-electron chi connectivity index (χ1n) is 7.07. The molecule has 1 N–H and O–H groups in total. The van der Waals surface area contributed by atoms with Crippen LogP contribution in [-0.2, 0) is 14.8 Å². The SMILES string of the molecule is CCCN(CC(F)F)C(=O)CCNS(=O)(=O)c1ccc(Br)cc1. The number of hydrogen-bond acceptors (Lipinski definition) is 3. The van der Waals surface area contributed by atoms with E-state index < -0.39 is 28.9 Å². The lowest BCUT2D eigenvalue weighted by atomic mass is 10.3. The molecule has 5 nitrogen and oxygen atoms in total. The van der Waals surface area contributed by atoms with Gasteiger partial charge in [0.05, 0.1) is 11.4 Å². The van der Waals surface area contributed by atoms with Gasteiger partial charge in [0.1, 0.15) is 0 Å². The zero-order chi connectivity index (χ0) is 17.5. The second kappa shape index (κ2) is 9.29. The minimum Gasteiger partial charge on any atom is -0.337 e. The summed E-state index contributed by atoms with van der Waals surface area (Å²) in [5.74, 6) is -0.495. The summed E-state index contributed by atoms with van der Waals surface area (Å²) in [6.07, 6.45) is -2.21. The molecule has 0 spiro atoms. The lowest BCUT2D eigenvalue weighted by Gasteiger charge is -2.21. The largest absolute Gasteiger partial charge is 0.337 e. The summed E-state index contributed by atoms with van der Waals surface area (Å²) < 4.78 is 51.9. The van der Waals surface area contributed by atoms with Crippen molar-refractivity contribution in [2.45, 2.75) is 31.1 Å². The van der Waals surface area contributed by atoms with Gasteiger partial charge in [0.2, 0.25) is 15.9 Å². The number of nitrogens with one attached hydrogen (secondary N) is 1. The number of carbonyl (C=O) groups is 1. The van der Waals surface area contributed by atoms with Crippen LogP contribution in [0.2, 0.25) is 0 Å². The topological polar surface area (TPSA) is 66.5 Å². The van der Waals surface area contributed by atoms with E-state index in [0.717, 1.165) is 9.37 Å². The predicted molar refractivity (Wildman–Crippen MR) is 86.8 cm³/mol. The number of amides is 1. The van der Waals surface area contributed by atoms with Crippen LogP contribution < -0.4 is 4.72 Å². The Kier molecular flexibility index (Phi) is 8.07. The molecule has 0 aliphatic rings. The summed E-state index contributed by atoms with van der Waals surface area (Å²) in [7, 11) is -3.72. The van der Waals surface area contributed by atoms with Gasteiger partial charge in [0.15, 0.2) is 0 Å². The number of rotatable bonds is 9. The molecule has 0 aliphatic carbocycles. The van der Waals surface area contributed by atoms with Gasteiger partial charge in [-0.05, 0) is 30.7 Å². The summed E-state index contributed by atoms with van der Waals surface area (Å²) in [5, 5.41) is 0. The van der Waals surface area contributed by atoms with Crippen LogP contribution in [0.5, 0.6) is 0 Å². The van der Waals surface area contributed by atoms with Gasteiger partial charge in [-0.2, -0.15) is 0 Å². The number of hydrogen-bond donors (Lipinski definition) is 1. The summed E-state index contributed by atoms with van der Waals surface area (Å²) >= 11 is 3.21. The first kappa shape index (κ1) is 20.0. The van der Waals surface area contributed by atoms with E-state index in [9.17, 15) is 22.0 Å². The molecule has 0 bridgehead atoms. The number of halogens is 3. The van der Waals surface area contributed by atoms with E-state index >= 15 is 0 Å². The summed E-state index contributed by atoms with van der Waals surface area (Å²) in [6.45, 7) is 1.23. The molecule has 130 valence electrons. The third-order valence-corrected chi connectivity index (χ3v) is 4.97. The molecule has 1 aromatic carbocycles. The Morgan fingerprint density at radius 2 is 1.91 bits per heavy atom. The van der Waals surface area contributed by atoms with E-state index in [1.165, 1.54) is 12.1 Å². The number of benzene rings is 1. The van der Waals surface area contributed by atoms with Crippen LogP contribution in [0.1, 0.15) is 19.8 Å². The van der Waals surface area contributed by atoms with Gasteiger partial charge in [-0.15, -0.1) is 0 Å². The first-order valence-corrected chi connectivity index (χ1v) is 9.35. The molecule has 0 saturated heterocycles. The summed E-state index contributed by atoms with van der Waals surface area (Å²) in [5.41, 5.74) is 0. The highest BCUT2D eigenvalue weighted by Gasteiger charge is 2.19. The first-order chi connectivity index (χ1) is 10.8. The highest BCUT2D eigenvalue weighted by molar-refractivity contribution is 9.10. The van der Waals surface area contributed by atoms with Crippen molar-refractivity contribution < 1.29 is 22.0 Å². The second-order valence-electron chi connectivity index (χ2n) is 4.83. The van der Waals surface area contributed by atoms with Crippen molar-refractivity contribution in [2.75, 3.05) is 19.6 Å². The van der Waals surface area contributed by atoms with Crippen molar-refractivity contribution in [1.82, 2.24) is 9.62 Å². The maximum atomic E-state index is 12.4. The monoisotopic (exact) mass is 412 g/mol. The van der Waals surface area contributed by atoms with Crippen molar-refractivity contribution in [3.63, 3.8) is 0 Å². The quantitative estimate of drug-likeness (QED) is 0.677. The fraction of sp³-hybridized carbons (Fsp3) is 0.500. The van der Waals surface area contributed by atoms with E-state index in [1.54, 1.807) is 19.1 Å². The van der Waals surface area contributed by atoms with E-state index in [-0.39, 0.29) is 24.4 Å². The maximum Gasteiger partial charge on any atom is 0.255 e. The van der Waals surface area contributed by atoms with Gasteiger partial charge in [-0.25, -0.2) is 21.9 Å². The predicted octanol–water partition coefficient (Wildman–Crippen LogP) is 2.62. The minimum absolute atomic E-state index is 0.0751. The molecule has 0 aliphatic heterocycles. The molecule has 0 unspecified atom stereocenters. The number of carbonyl (C=O) groups excluding carboxylic acids is 1. The molecule has 0 fully saturated rings. The van der Waals surface area contributed by atoms with Crippen molar-refractivity contribution in [3.8, 4) is 0 Å². The molecule has 0 aromatic heterocycles. The number of nitrogens with zero attached hydrogens (tertiary/aromatic N) is 1. The van der Waals surface area contributed by atoms with E-state index in [2.05, 4.69) is 20.7 Å². The zero-order valence-electron chi connectivity index (χ0n) is 12.6. The highest BCUT2D eigenvalue weighted by atomic mass is 79.9. The molecule has 23 heavy (non-hydrogen) atoms. The highest BCUT2D eigenvalue weighted by Crippen LogP contribution is 2.14. The third kappa shape index (κ3) is 6.92. The van der Waals surface area contributed by atoms with Gasteiger partial charge >= 0.3 is 0 Å². The van der Waals surface area contributed by atoms with Gasteiger partial charge in [0, 0.05) is 24.0 Å². The molecule has 1 aromatic rings. The summed E-state index contributed by atoms with van der Waals surface area (Å²) in [4.78, 5) is 13.0. The molecule has 0 heterocycles. The van der Waals surface area contributed by atoms with Crippen LogP contribution in [-0.4, -0.2) is 45.3 Å². The van der Waals surface area contributed by atoms with Crippen molar-refractivity contribution >= 4 is 31.9 Å². The van der Waals surface area contributed by atoms with Crippen LogP contribution in [0.4, 0.5) is 8.78 Å². The van der Waals surface area contributed by atoms with Crippen molar-refractivity contribution in [1.29, 1.82) is 0 Å². The average molecular weight is 413 g/mol. The summed E-state index contributed by atoms with van der Waals surface area (Å²) in [6, 6.07) is 6.03. The van der Waals surface area contributed by atoms with Gasteiger partial charge in [0.25, 0.3) is 6.43 Å². The molecule has 1 amide bonds. The van der Waals surface area contributed by atoms with Crippen LogP contribution in [0, 0.1) is 0 Å².